The third-order valence-corrected chi connectivity index (χ3v) is 7.80. The van der Waals surface area contributed by atoms with E-state index >= 15 is 0 Å². The molecule has 5 rings (SSSR count). The van der Waals surface area contributed by atoms with E-state index in [2.05, 4.69) is 9.88 Å². The Bertz CT molecular complexity index is 1330. The molecule has 1 amide bonds. The van der Waals surface area contributed by atoms with Gasteiger partial charge in [0.25, 0.3) is 5.91 Å². The molecule has 2 aliphatic rings. The molecule has 9 heteroatoms. The Morgan fingerprint density at radius 3 is 2.66 bits per heavy atom. The van der Waals surface area contributed by atoms with Gasteiger partial charge in [0.2, 0.25) is 0 Å². The van der Waals surface area contributed by atoms with Crippen LogP contribution in [-0.4, -0.2) is 52.9 Å². The fourth-order valence-corrected chi connectivity index (χ4v) is 5.73. The van der Waals surface area contributed by atoms with E-state index in [1.807, 2.05) is 29.2 Å². The molecule has 6 nitrogen and oxygen atoms in total. The van der Waals surface area contributed by atoms with Gasteiger partial charge in [-0.05, 0) is 81.6 Å². The van der Waals surface area contributed by atoms with E-state index in [-0.39, 0.29) is 34.1 Å². The number of pyridine rings is 1. The van der Waals surface area contributed by atoms with E-state index in [1.54, 1.807) is 19.2 Å². The van der Waals surface area contributed by atoms with Crippen LogP contribution in [0, 0.1) is 11.6 Å². The van der Waals surface area contributed by atoms with Crippen LogP contribution in [0.2, 0.25) is 5.02 Å². The highest BCUT2D eigenvalue weighted by atomic mass is 35.5. The summed E-state index contributed by atoms with van der Waals surface area (Å²) in [6.45, 7) is 5.48. The zero-order valence-electron chi connectivity index (χ0n) is 21.3. The minimum Gasteiger partial charge on any atom is -0.482 e. The number of carbonyl (C=O) groups excluding carboxylic acids is 1. The van der Waals surface area contributed by atoms with Gasteiger partial charge in [-0.25, -0.2) is 13.8 Å². The highest BCUT2D eigenvalue weighted by Gasteiger charge is 2.31. The van der Waals surface area contributed by atoms with Gasteiger partial charge in [0.05, 0.1) is 5.02 Å². The second-order valence-electron chi connectivity index (χ2n) is 10.0. The Morgan fingerprint density at radius 2 is 1.87 bits per heavy atom. The van der Waals surface area contributed by atoms with Gasteiger partial charge in [0.15, 0.2) is 11.6 Å². The summed E-state index contributed by atoms with van der Waals surface area (Å²) in [4.78, 5) is 22.2. The van der Waals surface area contributed by atoms with Gasteiger partial charge in [0, 0.05) is 42.0 Å². The van der Waals surface area contributed by atoms with Crippen LogP contribution in [0.4, 0.5) is 14.6 Å². The van der Waals surface area contributed by atoms with Crippen molar-refractivity contribution >= 4 is 23.3 Å². The molecule has 2 N–H and O–H groups in total. The summed E-state index contributed by atoms with van der Waals surface area (Å²) in [5.41, 5.74) is 8.00. The molecule has 0 radical (unpaired) electrons. The smallest absolute Gasteiger partial charge is 0.254 e. The number of anilines is 1. The first kappa shape index (κ1) is 26.4. The summed E-state index contributed by atoms with van der Waals surface area (Å²) < 4.78 is 34.2. The first-order chi connectivity index (χ1) is 18.3. The highest BCUT2D eigenvalue weighted by Crippen LogP contribution is 2.35. The van der Waals surface area contributed by atoms with Crippen molar-refractivity contribution in [1.82, 2.24) is 14.8 Å². The van der Waals surface area contributed by atoms with Gasteiger partial charge >= 0.3 is 0 Å². The molecular weight excluding hydrogens is 510 g/mol. The molecule has 2 saturated heterocycles. The molecule has 38 heavy (non-hydrogen) atoms. The standard InChI is InChI=1S/C29H31ClF2N4O2/c1-18(26-23(31)9-10-24(32)27(26)30)38-25-15-21(16-34-28(25)33)19-6-4-7-20(14-19)29(37)36-13-5-8-22(36)17-35-11-2-3-12-35/h4,6-7,9-10,14-16,18,22H,2-3,5,8,11-13,17H2,1H3,(H2,33,34)/t18?,22-/m0/s1. The van der Waals surface area contributed by atoms with Crippen LogP contribution in [-0.2, 0) is 0 Å². The summed E-state index contributed by atoms with van der Waals surface area (Å²) in [6.07, 6.45) is 5.17. The van der Waals surface area contributed by atoms with Gasteiger partial charge < -0.3 is 20.3 Å². The Morgan fingerprint density at radius 1 is 1.11 bits per heavy atom. The van der Waals surface area contributed by atoms with Crippen molar-refractivity contribution in [3.63, 3.8) is 0 Å². The summed E-state index contributed by atoms with van der Waals surface area (Å²) in [5, 5.41) is -0.337. The molecule has 2 aromatic carbocycles. The third-order valence-electron chi connectivity index (χ3n) is 7.42. The third kappa shape index (κ3) is 5.47. The van der Waals surface area contributed by atoms with Crippen molar-refractivity contribution < 1.29 is 18.3 Å². The number of ether oxygens (including phenoxy) is 1. The number of carbonyl (C=O) groups is 1. The number of hydrogen-bond acceptors (Lipinski definition) is 5. The SMILES string of the molecule is CC(Oc1cc(-c2cccc(C(=O)N3CCC[C@H]3CN3CCCC3)c2)cnc1N)c1c(F)ccc(F)c1Cl. The number of nitrogens with zero attached hydrogens (tertiary/aromatic N) is 3. The maximum atomic E-state index is 14.4. The molecule has 1 unspecified atom stereocenters. The number of hydrogen-bond donors (Lipinski definition) is 1. The predicted octanol–water partition coefficient (Wildman–Crippen LogP) is 6.10. The Balaban J connectivity index is 1.36. The zero-order chi connectivity index (χ0) is 26.8. The van der Waals surface area contributed by atoms with Crippen LogP contribution in [0.1, 0.15) is 54.6 Å². The lowest BCUT2D eigenvalue weighted by molar-refractivity contribution is 0.0709. The number of likely N-dealkylation sites (tertiary alicyclic amines) is 2. The van der Waals surface area contributed by atoms with Crippen LogP contribution in [0.15, 0.2) is 48.7 Å². The summed E-state index contributed by atoms with van der Waals surface area (Å²) >= 11 is 6.00. The molecule has 200 valence electrons. The second-order valence-corrected chi connectivity index (χ2v) is 10.4. The van der Waals surface area contributed by atoms with E-state index in [4.69, 9.17) is 22.1 Å². The Labute approximate surface area is 226 Å². The normalized spacial score (nSPS) is 18.6. The predicted molar refractivity (Wildman–Crippen MR) is 144 cm³/mol. The van der Waals surface area contributed by atoms with Gasteiger partial charge in [-0.1, -0.05) is 23.7 Å². The number of nitrogen functional groups attached to an aromatic ring is 1. The van der Waals surface area contributed by atoms with E-state index in [1.165, 1.54) is 12.8 Å². The molecule has 0 spiro atoms. The minimum atomic E-state index is -0.923. The number of amides is 1. The molecule has 0 saturated carbocycles. The first-order valence-electron chi connectivity index (χ1n) is 13.0. The Kier molecular flexibility index (Phi) is 7.81. The molecule has 0 aliphatic carbocycles. The number of rotatable bonds is 7. The number of nitrogens with two attached hydrogens (primary N) is 1. The van der Waals surface area contributed by atoms with Crippen LogP contribution in [0.3, 0.4) is 0 Å². The van der Waals surface area contributed by atoms with E-state index in [9.17, 15) is 13.6 Å². The van der Waals surface area contributed by atoms with Gasteiger partial charge in [-0.15, -0.1) is 0 Å². The van der Waals surface area contributed by atoms with Gasteiger partial charge in [-0.2, -0.15) is 0 Å². The maximum absolute atomic E-state index is 14.4. The largest absolute Gasteiger partial charge is 0.482 e. The lowest BCUT2D eigenvalue weighted by atomic mass is 10.0. The molecule has 2 atom stereocenters. The lowest BCUT2D eigenvalue weighted by Gasteiger charge is -2.28. The lowest BCUT2D eigenvalue weighted by Crippen LogP contribution is -2.42. The van der Waals surface area contributed by atoms with Crippen molar-refractivity contribution in [3.8, 4) is 16.9 Å². The van der Waals surface area contributed by atoms with Crippen molar-refractivity contribution in [1.29, 1.82) is 0 Å². The van der Waals surface area contributed by atoms with Crippen LogP contribution in [0.25, 0.3) is 11.1 Å². The number of halogens is 3. The monoisotopic (exact) mass is 540 g/mol. The Hall–Kier alpha value is -3.23. The molecule has 2 aliphatic heterocycles. The van der Waals surface area contributed by atoms with Crippen molar-refractivity contribution in [2.45, 2.75) is 44.8 Å². The average Bonchev–Trinajstić information content (AvgIpc) is 3.60. The van der Waals surface area contributed by atoms with Crippen LogP contribution in [0.5, 0.6) is 5.75 Å². The highest BCUT2D eigenvalue weighted by molar-refractivity contribution is 6.31. The zero-order valence-corrected chi connectivity index (χ0v) is 22.1. The molecule has 2 fully saturated rings. The topological polar surface area (TPSA) is 71.7 Å². The number of benzene rings is 2. The van der Waals surface area contributed by atoms with E-state index < -0.39 is 17.7 Å². The summed E-state index contributed by atoms with van der Waals surface area (Å²) in [5.74, 6) is -1.08. The first-order valence-corrected chi connectivity index (χ1v) is 13.4. The fraction of sp³-hybridized carbons (Fsp3) is 0.379. The quantitative estimate of drug-likeness (QED) is 0.366. The minimum absolute atomic E-state index is 0.0262. The summed E-state index contributed by atoms with van der Waals surface area (Å²) in [7, 11) is 0. The van der Waals surface area contributed by atoms with Crippen molar-refractivity contribution in [2.24, 2.45) is 0 Å². The fourth-order valence-electron chi connectivity index (χ4n) is 5.43. The molecular formula is C29H31ClF2N4O2. The molecule has 3 aromatic rings. The van der Waals surface area contributed by atoms with Crippen molar-refractivity contribution in [3.05, 3.63) is 76.4 Å². The van der Waals surface area contributed by atoms with Gasteiger partial charge in [0.1, 0.15) is 17.7 Å². The van der Waals surface area contributed by atoms with Gasteiger partial charge in [-0.3, -0.25) is 4.79 Å². The maximum Gasteiger partial charge on any atom is 0.254 e. The number of aromatic nitrogens is 1. The van der Waals surface area contributed by atoms with Crippen LogP contribution < -0.4 is 10.5 Å². The molecule has 1 aromatic heterocycles. The summed E-state index contributed by atoms with van der Waals surface area (Å²) in [6, 6.07) is 11.3. The molecule has 0 bridgehead atoms. The second kappa shape index (κ2) is 11.3. The average molecular weight is 541 g/mol. The van der Waals surface area contributed by atoms with E-state index in [0.29, 0.717) is 11.1 Å². The molecule has 3 heterocycles. The van der Waals surface area contributed by atoms with Crippen LogP contribution >= 0.6 is 11.6 Å². The van der Waals surface area contributed by atoms with E-state index in [0.717, 1.165) is 56.7 Å². The van der Waals surface area contributed by atoms with Crippen molar-refractivity contribution in [2.75, 3.05) is 31.9 Å².